The van der Waals surface area contributed by atoms with E-state index in [0.29, 0.717) is 0 Å². The van der Waals surface area contributed by atoms with E-state index in [0.717, 1.165) is 10.2 Å². The van der Waals surface area contributed by atoms with E-state index in [4.69, 9.17) is 10.8 Å². The standard InChI is InChI=1S/C13H16BrN3O/c1-9(10-2-4-11(14)5-3-10)17-8-16-6-13(17)12(15)7-18/h2-6,8-9,12,18H,7,15H2,1H3. The van der Waals surface area contributed by atoms with Crippen LogP contribution < -0.4 is 5.73 Å². The molecule has 1 aromatic heterocycles. The van der Waals surface area contributed by atoms with E-state index in [9.17, 15) is 0 Å². The number of imidazole rings is 1. The number of hydrogen-bond acceptors (Lipinski definition) is 3. The van der Waals surface area contributed by atoms with Gasteiger partial charge in [0.05, 0.1) is 30.7 Å². The summed E-state index contributed by atoms with van der Waals surface area (Å²) in [6.07, 6.45) is 3.45. The minimum atomic E-state index is -0.398. The van der Waals surface area contributed by atoms with Crippen LogP contribution in [-0.4, -0.2) is 21.3 Å². The summed E-state index contributed by atoms with van der Waals surface area (Å²) in [5.41, 5.74) is 7.87. The molecule has 96 valence electrons. The van der Waals surface area contributed by atoms with Gasteiger partial charge in [-0.05, 0) is 24.6 Å². The molecule has 0 saturated heterocycles. The molecule has 5 heteroatoms. The van der Waals surface area contributed by atoms with Crippen molar-refractivity contribution in [2.24, 2.45) is 5.73 Å². The summed E-state index contributed by atoms with van der Waals surface area (Å²) < 4.78 is 3.04. The molecule has 2 rings (SSSR count). The first-order valence-electron chi connectivity index (χ1n) is 5.77. The van der Waals surface area contributed by atoms with Gasteiger partial charge < -0.3 is 15.4 Å². The Balaban J connectivity index is 2.31. The number of nitrogens with zero attached hydrogens (tertiary/aromatic N) is 2. The fraction of sp³-hybridized carbons (Fsp3) is 0.308. The van der Waals surface area contributed by atoms with Crippen molar-refractivity contribution in [3.63, 3.8) is 0 Å². The summed E-state index contributed by atoms with van der Waals surface area (Å²) in [7, 11) is 0. The molecule has 0 bridgehead atoms. The molecule has 0 radical (unpaired) electrons. The first-order chi connectivity index (χ1) is 8.63. The van der Waals surface area contributed by atoms with Crippen LogP contribution in [-0.2, 0) is 0 Å². The molecule has 18 heavy (non-hydrogen) atoms. The van der Waals surface area contributed by atoms with Crippen molar-refractivity contribution in [3.05, 3.63) is 52.5 Å². The molecule has 2 unspecified atom stereocenters. The summed E-state index contributed by atoms with van der Waals surface area (Å²) in [6.45, 7) is 2.00. The van der Waals surface area contributed by atoms with Crippen molar-refractivity contribution in [1.29, 1.82) is 0 Å². The third kappa shape index (κ3) is 2.63. The number of aliphatic hydroxyl groups is 1. The second kappa shape index (κ2) is 5.65. The average molecular weight is 310 g/mol. The molecular formula is C13H16BrN3O. The lowest BCUT2D eigenvalue weighted by molar-refractivity contribution is 0.262. The maximum absolute atomic E-state index is 9.15. The zero-order valence-corrected chi connectivity index (χ0v) is 11.7. The third-order valence-corrected chi connectivity index (χ3v) is 3.57. The van der Waals surface area contributed by atoms with Crippen LogP contribution in [0.4, 0.5) is 0 Å². The van der Waals surface area contributed by atoms with Crippen LogP contribution >= 0.6 is 15.9 Å². The van der Waals surface area contributed by atoms with Crippen molar-refractivity contribution in [3.8, 4) is 0 Å². The highest BCUT2D eigenvalue weighted by atomic mass is 79.9. The Bertz CT molecular complexity index is 509. The van der Waals surface area contributed by atoms with Gasteiger partial charge in [0, 0.05) is 10.7 Å². The van der Waals surface area contributed by atoms with Crippen LogP contribution in [0, 0.1) is 0 Å². The molecule has 0 aliphatic rings. The predicted octanol–water partition coefficient (Wildman–Crippen LogP) is 2.25. The number of benzene rings is 1. The van der Waals surface area contributed by atoms with Crippen molar-refractivity contribution < 1.29 is 5.11 Å². The van der Waals surface area contributed by atoms with Crippen molar-refractivity contribution in [2.45, 2.75) is 19.0 Å². The van der Waals surface area contributed by atoms with E-state index >= 15 is 0 Å². The number of nitrogens with two attached hydrogens (primary N) is 1. The quantitative estimate of drug-likeness (QED) is 0.910. The predicted molar refractivity (Wildman–Crippen MR) is 74.2 cm³/mol. The molecule has 0 saturated carbocycles. The fourth-order valence-corrected chi connectivity index (χ4v) is 2.19. The molecule has 0 aliphatic carbocycles. The Morgan fingerprint density at radius 3 is 2.67 bits per heavy atom. The largest absolute Gasteiger partial charge is 0.394 e. The van der Waals surface area contributed by atoms with Crippen LogP contribution in [0.1, 0.15) is 30.3 Å². The van der Waals surface area contributed by atoms with Gasteiger partial charge in [-0.25, -0.2) is 4.98 Å². The Labute approximate surface area is 115 Å². The van der Waals surface area contributed by atoms with Crippen molar-refractivity contribution >= 4 is 15.9 Å². The first-order valence-corrected chi connectivity index (χ1v) is 6.56. The fourth-order valence-electron chi connectivity index (χ4n) is 1.92. The van der Waals surface area contributed by atoms with E-state index < -0.39 is 6.04 Å². The number of rotatable bonds is 4. The third-order valence-electron chi connectivity index (χ3n) is 3.04. The van der Waals surface area contributed by atoms with Crippen LogP contribution in [0.15, 0.2) is 41.3 Å². The summed E-state index contributed by atoms with van der Waals surface area (Å²) >= 11 is 3.42. The molecule has 1 heterocycles. The summed E-state index contributed by atoms with van der Waals surface area (Å²) in [4.78, 5) is 4.12. The van der Waals surface area contributed by atoms with Crippen LogP contribution in [0.5, 0.6) is 0 Å². The molecule has 0 aliphatic heterocycles. The SMILES string of the molecule is CC(c1ccc(Br)cc1)n1cncc1C(N)CO. The smallest absolute Gasteiger partial charge is 0.0954 e. The Kier molecular flexibility index (Phi) is 4.16. The second-order valence-electron chi connectivity index (χ2n) is 4.24. The normalized spacial score (nSPS) is 14.4. The number of aliphatic hydroxyl groups excluding tert-OH is 1. The maximum atomic E-state index is 9.15. The zero-order valence-electron chi connectivity index (χ0n) is 10.1. The van der Waals surface area contributed by atoms with Gasteiger partial charge in [-0.15, -0.1) is 0 Å². The van der Waals surface area contributed by atoms with Gasteiger partial charge in [0.15, 0.2) is 0 Å². The highest BCUT2D eigenvalue weighted by Gasteiger charge is 2.15. The molecular weight excluding hydrogens is 294 g/mol. The Morgan fingerprint density at radius 1 is 1.39 bits per heavy atom. The lowest BCUT2D eigenvalue weighted by Crippen LogP contribution is -2.20. The number of aromatic nitrogens is 2. The first kappa shape index (κ1) is 13.3. The lowest BCUT2D eigenvalue weighted by atomic mass is 10.1. The molecule has 2 aromatic rings. The molecule has 0 spiro atoms. The number of halogens is 1. The zero-order chi connectivity index (χ0) is 13.1. The van der Waals surface area contributed by atoms with Gasteiger partial charge >= 0.3 is 0 Å². The Morgan fingerprint density at radius 2 is 2.06 bits per heavy atom. The summed E-state index contributed by atoms with van der Waals surface area (Å²) in [5, 5.41) is 9.15. The second-order valence-corrected chi connectivity index (χ2v) is 5.16. The van der Waals surface area contributed by atoms with Crippen LogP contribution in [0.3, 0.4) is 0 Å². The van der Waals surface area contributed by atoms with Crippen molar-refractivity contribution in [2.75, 3.05) is 6.61 Å². The van der Waals surface area contributed by atoms with Crippen molar-refractivity contribution in [1.82, 2.24) is 9.55 Å². The lowest BCUT2D eigenvalue weighted by Gasteiger charge is -2.19. The van der Waals surface area contributed by atoms with Gasteiger partial charge in [-0.2, -0.15) is 0 Å². The Hall–Kier alpha value is -1.17. The minimum Gasteiger partial charge on any atom is -0.394 e. The highest BCUT2D eigenvalue weighted by Crippen LogP contribution is 2.23. The van der Waals surface area contributed by atoms with Gasteiger partial charge in [-0.3, -0.25) is 0 Å². The molecule has 4 nitrogen and oxygen atoms in total. The molecule has 0 amide bonds. The van der Waals surface area contributed by atoms with E-state index in [-0.39, 0.29) is 12.6 Å². The average Bonchev–Trinajstić information content (AvgIpc) is 2.87. The van der Waals surface area contributed by atoms with E-state index in [2.05, 4.69) is 40.0 Å². The van der Waals surface area contributed by atoms with Crippen LogP contribution in [0.2, 0.25) is 0 Å². The monoisotopic (exact) mass is 309 g/mol. The van der Waals surface area contributed by atoms with E-state index in [1.807, 2.05) is 16.7 Å². The van der Waals surface area contributed by atoms with Gasteiger partial charge in [0.2, 0.25) is 0 Å². The highest BCUT2D eigenvalue weighted by molar-refractivity contribution is 9.10. The van der Waals surface area contributed by atoms with Crippen LogP contribution in [0.25, 0.3) is 0 Å². The topological polar surface area (TPSA) is 64.1 Å². The molecule has 3 N–H and O–H groups in total. The summed E-state index contributed by atoms with van der Waals surface area (Å²) in [5.74, 6) is 0. The molecule has 0 fully saturated rings. The minimum absolute atomic E-state index is 0.0846. The van der Waals surface area contributed by atoms with Gasteiger partial charge in [0.1, 0.15) is 0 Å². The van der Waals surface area contributed by atoms with E-state index in [1.54, 1.807) is 12.5 Å². The van der Waals surface area contributed by atoms with Gasteiger partial charge in [0.25, 0.3) is 0 Å². The maximum Gasteiger partial charge on any atom is 0.0954 e. The van der Waals surface area contributed by atoms with Gasteiger partial charge in [-0.1, -0.05) is 28.1 Å². The summed E-state index contributed by atoms with van der Waals surface area (Å²) in [6, 6.07) is 7.87. The molecule has 2 atom stereocenters. The van der Waals surface area contributed by atoms with E-state index in [1.165, 1.54) is 5.56 Å². The molecule has 1 aromatic carbocycles. The number of hydrogen-bond donors (Lipinski definition) is 2.